The molecule has 9 heteroatoms. The molecule has 1 N–H and O–H groups in total. The van der Waals surface area contributed by atoms with Gasteiger partial charge in [-0.3, -0.25) is 4.90 Å². The maximum absolute atomic E-state index is 12.1. The summed E-state index contributed by atoms with van der Waals surface area (Å²) in [6, 6.07) is 3.09. The number of hydrogen-bond donors (Lipinski definition) is 1. The van der Waals surface area contributed by atoms with Crippen LogP contribution in [0.4, 0.5) is 15.3 Å². The van der Waals surface area contributed by atoms with Gasteiger partial charge in [-0.1, -0.05) is 6.08 Å². The third kappa shape index (κ3) is 2.83. The van der Waals surface area contributed by atoms with E-state index in [0.29, 0.717) is 23.0 Å². The number of anilines is 1. The Morgan fingerprint density at radius 1 is 1.08 bits per heavy atom. The minimum absolute atomic E-state index is 0.102. The number of methoxy groups -OCH3 is 3. The van der Waals surface area contributed by atoms with Gasteiger partial charge in [-0.25, -0.2) is 14.4 Å². The molecule has 0 fully saturated rings. The van der Waals surface area contributed by atoms with E-state index >= 15 is 0 Å². The zero-order valence-electron chi connectivity index (χ0n) is 14.3. The van der Waals surface area contributed by atoms with Gasteiger partial charge in [-0.2, -0.15) is 0 Å². The molecule has 9 nitrogen and oxygen atoms in total. The molecule has 2 aromatic rings. The lowest BCUT2D eigenvalue weighted by atomic mass is 10.0. The fourth-order valence-corrected chi connectivity index (χ4v) is 2.78. The Labute approximate surface area is 148 Å². The number of nitrogens with zero attached hydrogens (tertiary/aromatic N) is 1. The number of aromatic amines is 1. The van der Waals surface area contributed by atoms with E-state index in [9.17, 15) is 14.4 Å². The maximum atomic E-state index is 12.1. The number of rotatable bonds is 2. The molecule has 0 spiro atoms. The van der Waals surface area contributed by atoms with E-state index < -0.39 is 18.2 Å². The monoisotopic (exact) mass is 360 g/mol. The van der Waals surface area contributed by atoms with Gasteiger partial charge in [0.2, 0.25) is 0 Å². The lowest BCUT2D eigenvalue weighted by molar-refractivity contribution is 0.0595. The van der Waals surface area contributed by atoms with Gasteiger partial charge >= 0.3 is 18.2 Å². The largest absolute Gasteiger partial charge is 0.513 e. The summed E-state index contributed by atoms with van der Waals surface area (Å²) in [5.74, 6) is -0.472. The van der Waals surface area contributed by atoms with Crippen molar-refractivity contribution in [1.82, 2.24) is 4.98 Å². The van der Waals surface area contributed by atoms with Gasteiger partial charge in [0.15, 0.2) is 5.75 Å². The van der Waals surface area contributed by atoms with E-state index in [4.69, 9.17) is 14.2 Å². The standard InChI is InChI=1S/C17H16N2O7/c1-23-15(20)11-7-10-9-5-4-6-19(16(21)24-2)12(9)8-13(14(10)18-11)26-17(22)25-3/h4,6-8,18H,5H2,1-3H3. The second kappa shape index (κ2) is 6.79. The highest BCUT2D eigenvalue weighted by Crippen LogP contribution is 2.39. The van der Waals surface area contributed by atoms with Gasteiger partial charge in [0.25, 0.3) is 0 Å². The molecule has 1 aliphatic heterocycles. The number of benzene rings is 1. The smallest absolute Gasteiger partial charge is 0.464 e. The van der Waals surface area contributed by atoms with Crippen LogP contribution in [-0.2, 0) is 20.6 Å². The average Bonchev–Trinajstić information content (AvgIpc) is 3.12. The van der Waals surface area contributed by atoms with E-state index in [1.165, 1.54) is 32.3 Å². The number of esters is 1. The number of carbonyl (C=O) groups excluding carboxylic acids is 3. The summed E-state index contributed by atoms with van der Waals surface area (Å²) in [4.78, 5) is 39.7. The Hall–Kier alpha value is -3.49. The minimum atomic E-state index is -0.934. The third-order valence-electron chi connectivity index (χ3n) is 3.94. The molecule has 0 saturated carbocycles. The summed E-state index contributed by atoms with van der Waals surface area (Å²) in [5, 5.41) is 0.611. The summed E-state index contributed by atoms with van der Waals surface area (Å²) in [5.41, 5.74) is 1.83. The molecule has 1 amide bonds. The topological polar surface area (TPSA) is 107 Å². The van der Waals surface area contributed by atoms with Crippen LogP contribution in [0.5, 0.6) is 5.75 Å². The van der Waals surface area contributed by atoms with Crippen molar-refractivity contribution in [1.29, 1.82) is 0 Å². The molecule has 0 bridgehead atoms. The van der Waals surface area contributed by atoms with Crippen LogP contribution in [0, 0.1) is 0 Å². The number of aromatic nitrogens is 1. The first-order chi connectivity index (χ1) is 12.5. The van der Waals surface area contributed by atoms with Crippen molar-refractivity contribution in [2.45, 2.75) is 6.42 Å². The van der Waals surface area contributed by atoms with Crippen LogP contribution in [0.3, 0.4) is 0 Å². The molecular weight excluding hydrogens is 344 g/mol. The number of amides is 1. The minimum Gasteiger partial charge on any atom is -0.464 e. The zero-order chi connectivity index (χ0) is 18.8. The van der Waals surface area contributed by atoms with Gasteiger partial charge < -0.3 is 23.9 Å². The van der Waals surface area contributed by atoms with Gasteiger partial charge in [-0.05, 0) is 18.1 Å². The SMILES string of the molecule is COC(=O)Oc1cc2c(c3cc(C(=O)OC)[nH]c13)CC=CN2C(=O)OC. The van der Waals surface area contributed by atoms with Gasteiger partial charge in [-0.15, -0.1) is 0 Å². The normalized spacial score (nSPS) is 12.5. The van der Waals surface area contributed by atoms with Crippen LogP contribution in [0.1, 0.15) is 16.1 Å². The molecule has 0 atom stereocenters. The van der Waals surface area contributed by atoms with Crippen molar-refractivity contribution in [2.24, 2.45) is 0 Å². The van der Waals surface area contributed by atoms with E-state index in [-0.39, 0.29) is 11.4 Å². The molecule has 2 heterocycles. The highest BCUT2D eigenvalue weighted by atomic mass is 16.7. The van der Waals surface area contributed by atoms with Crippen molar-refractivity contribution in [3.63, 3.8) is 0 Å². The average molecular weight is 360 g/mol. The lowest BCUT2D eigenvalue weighted by Crippen LogP contribution is -2.28. The van der Waals surface area contributed by atoms with Crippen molar-refractivity contribution in [3.05, 3.63) is 35.7 Å². The van der Waals surface area contributed by atoms with Crippen LogP contribution in [0.25, 0.3) is 10.9 Å². The molecule has 0 radical (unpaired) electrons. The molecule has 0 aliphatic carbocycles. The van der Waals surface area contributed by atoms with Gasteiger partial charge in [0.1, 0.15) is 5.69 Å². The number of fused-ring (bicyclic) bond motifs is 3. The zero-order valence-corrected chi connectivity index (χ0v) is 14.3. The molecule has 0 unspecified atom stereocenters. The van der Waals surface area contributed by atoms with Crippen LogP contribution < -0.4 is 9.64 Å². The molecule has 1 aromatic heterocycles. The first kappa shape index (κ1) is 17.3. The number of ether oxygens (including phenoxy) is 4. The fraction of sp³-hybridized carbons (Fsp3) is 0.235. The van der Waals surface area contributed by atoms with E-state index in [2.05, 4.69) is 9.72 Å². The molecule has 3 rings (SSSR count). The van der Waals surface area contributed by atoms with Crippen molar-refractivity contribution in [3.8, 4) is 5.75 Å². The predicted octanol–water partition coefficient (Wildman–Crippen LogP) is 2.74. The van der Waals surface area contributed by atoms with E-state index in [1.54, 1.807) is 18.3 Å². The summed E-state index contributed by atoms with van der Waals surface area (Å²) < 4.78 is 19.2. The van der Waals surface area contributed by atoms with Crippen molar-refractivity contribution in [2.75, 3.05) is 26.2 Å². The highest BCUT2D eigenvalue weighted by Gasteiger charge is 2.26. The summed E-state index contributed by atoms with van der Waals surface area (Å²) >= 11 is 0. The Bertz CT molecular complexity index is 929. The predicted molar refractivity (Wildman–Crippen MR) is 90.4 cm³/mol. The van der Waals surface area contributed by atoms with E-state index in [1.807, 2.05) is 0 Å². The summed E-state index contributed by atoms with van der Waals surface area (Å²) in [7, 11) is 3.70. The first-order valence-corrected chi connectivity index (χ1v) is 7.56. The van der Waals surface area contributed by atoms with Gasteiger partial charge in [0.05, 0.1) is 32.5 Å². The summed E-state index contributed by atoms with van der Waals surface area (Å²) in [6.07, 6.45) is 2.32. The van der Waals surface area contributed by atoms with E-state index in [0.717, 1.165) is 5.56 Å². The van der Waals surface area contributed by atoms with Crippen LogP contribution in [-0.4, -0.2) is 44.5 Å². The third-order valence-corrected chi connectivity index (χ3v) is 3.94. The van der Waals surface area contributed by atoms with Crippen molar-refractivity contribution < 1.29 is 33.3 Å². The number of H-pyrrole nitrogens is 1. The number of allylic oxidation sites excluding steroid dienone is 1. The second-order valence-corrected chi connectivity index (χ2v) is 5.32. The molecule has 26 heavy (non-hydrogen) atoms. The number of carbonyl (C=O) groups is 3. The van der Waals surface area contributed by atoms with Crippen LogP contribution in [0.2, 0.25) is 0 Å². The molecular formula is C17H16N2O7. The molecule has 1 aromatic carbocycles. The molecule has 1 aliphatic rings. The second-order valence-electron chi connectivity index (χ2n) is 5.32. The Morgan fingerprint density at radius 3 is 2.50 bits per heavy atom. The first-order valence-electron chi connectivity index (χ1n) is 7.56. The van der Waals surface area contributed by atoms with Gasteiger partial charge in [0, 0.05) is 17.7 Å². The quantitative estimate of drug-likeness (QED) is 0.498. The molecule has 136 valence electrons. The number of hydrogen-bond acceptors (Lipinski definition) is 7. The Morgan fingerprint density at radius 2 is 1.85 bits per heavy atom. The maximum Gasteiger partial charge on any atom is 0.513 e. The van der Waals surface area contributed by atoms with Crippen LogP contribution >= 0.6 is 0 Å². The Kier molecular flexibility index (Phi) is 4.53. The lowest BCUT2D eigenvalue weighted by Gasteiger charge is -2.24. The summed E-state index contributed by atoms with van der Waals surface area (Å²) in [6.45, 7) is 0. The van der Waals surface area contributed by atoms with Crippen molar-refractivity contribution >= 4 is 34.8 Å². The van der Waals surface area contributed by atoms with Crippen LogP contribution in [0.15, 0.2) is 24.4 Å². The fourth-order valence-electron chi connectivity index (χ4n) is 2.78. The number of nitrogens with one attached hydrogen (secondary N) is 1. The highest BCUT2D eigenvalue weighted by molar-refractivity contribution is 6.04. The Balaban J connectivity index is 2.24. The molecule has 0 saturated heterocycles.